The van der Waals surface area contributed by atoms with Crippen molar-refractivity contribution in [2.75, 3.05) is 0 Å². The van der Waals surface area contributed by atoms with E-state index >= 15 is 0 Å². The van der Waals surface area contributed by atoms with Crippen LogP contribution in [0.4, 0.5) is 0 Å². The van der Waals surface area contributed by atoms with Crippen molar-refractivity contribution < 1.29 is 9.16 Å². The van der Waals surface area contributed by atoms with Crippen molar-refractivity contribution in [3.8, 4) is 0 Å². The van der Waals surface area contributed by atoms with Gasteiger partial charge in [0.2, 0.25) is 0 Å². The maximum Gasteiger partial charge on any atom is 0.192 e. The van der Waals surface area contributed by atoms with Gasteiger partial charge in [-0.1, -0.05) is 51.1 Å². The molecule has 0 aliphatic heterocycles. The van der Waals surface area contributed by atoms with Crippen LogP contribution in [0.3, 0.4) is 0 Å². The Morgan fingerprint density at radius 3 is 2.27 bits per heavy atom. The number of benzene rings is 1. The topological polar surface area (TPSA) is 18.5 Å². The van der Waals surface area contributed by atoms with E-state index < -0.39 is 8.32 Å². The van der Waals surface area contributed by atoms with E-state index in [9.17, 15) is 0 Å². The molecule has 1 aliphatic rings. The Labute approximate surface area is 137 Å². The van der Waals surface area contributed by atoms with Gasteiger partial charge in [0.1, 0.15) is 0 Å². The highest BCUT2D eigenvalue weighted by Crippen LogP contribution is 2.41. The number of rotatable bonds is 6. The third kappa shape index (κ3) is 4.43. The Hall–Kier alpha value is -0.643. The van der Waals surface area contributed by atoms with E-state index in [4.69, 9.17) is 9.16 Å². The second-order valence-electron chi connectivity index (χ2n) is 8.23. The summed E-state index contributed by atoms with van der Waals surface area (Å²) in [6, 6.07) is 10.4. The fraction of sp³-hybridized carbons (Fsp3) is 0.684. The van der Waals surface area contributed by atoms with Gasteiger partial charge in [-0.25, -0.2) is 0 Å². The van der Waals surface area contributed by atoms with Crippen LogP contribution in [0.25, 0.3) is 0 Å². The molecule has 1 saturated carbocycles. The quantitative estimate of drug-likeness (QED) is 0.654. The molecular formula is C19H32O2Si. The molecule has 2 nitrogen and oxygen atoms in total. The molecular weight excluding hydrogens is 288 g/mol. The first-order valence-corrected chi connectivity index (χ1v) is 11.4. The van der Waals surface area contributed by atoms with Crippen LogP contribution >= 0.6 is 0 Å². The molecule has 2 rings (SSSR count). The lowest BCUT2D eigenvalue weighted by Gasteiger charge is -2.44. The average Bonchev–Trinajstić information content (AvgIpc) is 2.36. The Balaban J connectivity index is 1.72. The van der Waals surface area contributed by atoms with E-state index in [1.54, 1.807) is 0 Å². The molecule has 3 heteroatoms. The lowest BCUT2D eigenvalue weighted by atomic mass is 9.79. The molecule has 1 unspecified atom stereocenters. The van der Waals surface area contributed by atoms with Crippen molar-refractivity contribution in [1.29, 1.82) is 0 Å². The van der Waals surface area contributed by atoms with E-state index in [1.165, 1.54) is 5.56 Å². The molecule has 22 heavy (non-hydrogen) atoms. The van der Waals surface area contributed by atoms with Crippen LogP contribution < -0.4 is 0 Å². The van der Waals surface area contributed by atoms with Gasteiger partial charge in [-0.3, -0.25) is 0 Å². The Kier molecular flexibility index (Phi) is 5.52. The minimum Gasteiger partial charge on any atom is -0.414 e. The molecule has 1 aromatic rings. The van der Waals surface area contributed by atoms with Crippen molar-refractivity contribution in [2.24, 2.45) is 5.92 Å². The molecule has 0 spiro atoms. The van der Waals surface area contributed by atoms with Gasteiger partial charge in [0.15, 0.2) is 8.32 Å². The third-order valence-electron chi connectivity index (χ3n) is 5.41. The Morgan fingerprint density at radius 2 is 1.73 bits per heavy atom. The molecule has 0 N–H and O–H groups in total. The van der Waals surface area contributed by atoms with Gasteiger partial charge in [-0.2, -0.15) is 0 Å². The van der Waals surface area contributed by atoms with Crippen LogP contribution in [0, 0.1) is 5.92 Å². The van der Waals surface area contributed by atoms with Gasteiger partial charge in [-0.05, 0) is 49.4 Å². The molecule has 0 radical (unpaired) electrons. The van der Waals surface area contributed by atoms with Crippen LogP contribution in [0.2, 0.25) is 18.1 Å². The molecule has 0 saturated heterocycles. The second-order valence-corrected chi connectivity index (χ2v) is 13.0. The minimum atomic E-state index is -1.65. The summed E-state index contributed by atoms with van der Waals surface area (Å²) >= 11 is 0. The fourth-order valence-electron chi connectivity index (χ4n) is 2.65. The van der Waals surface area contributed by atoms with Crippen molar-refractivity contribution >= 4 is 8.32 Å². The van der Waals surface area contributed by atoms with Crippen molar-refractivity contribution in [3.63, 3.8) is 0 Å². The molecule has 1 atom stereocenters. The standard InChI is InChI=1S/C19H32O2Si/c1-15(21-22(5,6)19(2,3)4)17-12-18(13-17)20-14-16-10-8-7-9-11-16/h7-11,15,17-18H,12-14H2,1-6H3. The number of hydrogen-bond donors (Lipinski definition) is 0. The summed E-state index contributed by atoms with van der Waals surface area (Å²) in [5, 5.41) is 0.286. The van der Waals surface area contributed by atoms with E-state index in [2.05, 4.69) is 65.1 Å². The smallest absolute Gasteiger partial charge is 0.192 e. The monoisotopic (exact) mass is 320 g/mol. The molecule has 0 heterocycles. The zero-order valence-electron chi connectivity index (χ0n) is 15.1. The molecule has 1 aromatic carbocycles. The highest BCUT2D eigenvalue weighted by molar-refractivity contribution is 6.74. The Morgan fingerprint density at radius 1 is 1.14 bits per heavy atom. The largest absolute Gasteiger partial charge is 0.414 e. The molecule has 0 aromatic heterocycles. The summed E-state index contributed by atoms with van der Waals surface area (Å²) in [6.45, 7) is 14.6. The van der Waals surface area contributed by atoms with Crippen LogP contribution in [0.1, 0.15) is 46.1 Å². The summed E-state index contributed by atoms with van der Waals surface area (Å²) < 4.78 is 12.5. The predicted octanol–water partition coefficient (Wildman–Crippen LogP) is 5.39. The third-order valence-corrected chi connectivity index (χ3v) is 9.98. The second kappa shape index (κ2) is 6.86. The normalized spacial score (nSPS) is 23.9. The summed E-state index contributed by atoms with van der Waals surface area (Å²) in [4.78, 5) is 0. The predicted molar refractivity (Wildman–Crippen MR) is 95.5 cm³/mol. The number of hydrogen-bond acceptors (Lipinski definition) is 2. The fourth-order valence-corrected chi connectivity index (χ4v) is 4.13. The van der Waals surface area contributed by atoms with Crippen molar-refractivity contribution in [1.82, 2.24) is 0 Å². The van der Waals surface area contributed by atoms with E-state index in [0.29, 0.717) is 18.1 Å². The molecule has 0 bridgehead atoms. The van der Waals surface area contributed by atoms with Crippen LogP contribution in [-0.4, -0.2) is 20.5 Å². The highest BCUT2D eigenvalue weighted by Gasteiger charge is 2.42. The lowest BCUT2D eigenvalue weighted by Crippen LogP contribution is -2.48. The van der Waals surface area contributed by atoms with Gasteiger partial charge in [0.25, 0.3) is 0 Å². The van der Waals surface area contributed by atoms with Gasteiger partial charge >= 0.3 is 0 Å². The molecule has 0 amide bonds. The first-order chi connectivity index (χ1) is 10.2. The first kappa shape index (κ1) is 17.7. The minimum absolute atomic E-state index is 0.286. The maximum absolute atomic E-state index is 6.50. The van der Waals surface area contributed by atoms with E-state index in [1.807, 2.05) is 6.07 Å². The average molecular weight is 321 g/mol. The van der Waals surface area contributed by atoms with Crippen molar-refractivity contribution in [3.05, 3.63) is 35.9 Å². The van der Waals surface area contributed by atoms with E-state index in [-0.39, 0.29) is 5.04 Å². The Bertz CT molecular complexity index is 458. The zero-order valence-corrected chi connectivity index (χ0v) is 16.1. The van der Waals surface area contributed by atoms with Crippen molar-refractivity contribution in [2.45, 2.75) is 77.5 Å². The summed E-state index contributed by atoms with van der Waals surface area (Å²) in [5.41, 5.74) is 1.26. The van der Waals surface area contributed by atoms with Gasteiger partial charge in [0, 0.05) is 6.10 Å². The lowest BCUT2D eigenvalue weighted by molar-refractivity contribution is -0.0696. The summed E-state index contributed by atoms with van der Waals surface area (Å²) in [5.74, 6) is 0.662. The van der Waals surface area contributed by atoms with Crippen LogP contribution in [0.5, 0.6) is 0 Å². The van der Waals surface area contributed by atoms with Gasteiger partial charge < -0.3 is 9.16 Å². The number of ether oxygens (including phenoxy) is 1. The molecule has 124 valence electrons. The maximum atomic E-state index is 6.50. The zero-order chi connectivity index (χ0) is 16.4. The highest BCUT2D eigenvalue weighted by atomic mass is 28.4. The summed E-state index contributed by atoms with van der Waals surface area (Å²) in [6.07, 6.45) is 3.05. The van der Waals surface area contributed by atoms with Crippen LogP contribution in [0.15, 0.2) is 30.3 Å². The SMILES string of the molecule is CC(O[Si](C)(C)C(C)(C)C)C1CC(OCc2ccccc2)C1. The first-order valence-electron chi connectivity index (χ1n) is 8.52. The van der Waals surface area contributed by atoms with Crippen LogP contribution in [-0.2, 0) is 15.8 Å². The summed E-state index contributed by atoms with van der Waals surface area (Å²) in [7, 11) is -1.65. The van der Waals surface area contributed by atoms with Gasteiger partial charge in [0.05, 0.1) is 12.7 Å². The van der Waals surface area contributed by atoms with E-state index in [0.717, 1.165) is 19.4 Å². The molecule has 1 fully saturated rings. The molecule has 1 aliphatic carbocycles. The van der Waals surface area contributed by atoms with Gasteiger partial charge in [-0.15, -0.1) is 0 Å².